The van der Waals surface area contributed by atoms with Gasteiger partial charge in [0.05, 0.1) is 27.5 Å². The maximum atomic E-state index is 12.5. The number of aromatic nitrogens is 3. The Balaban J connectivity index is 1.35. The Morgan fingerprint density at radius 1 is 1.07 bits per heavy atom. The van der Waals surface area contributed by atoms with Gasteiger partial charge in [0.2, 0.25) is 0 Å². The van der Waals surface area contributed by atoms with E-state index in [0.717, 1.165) is 31.7 Å². The van der Waals surface area contributed by atoms with Gasteiger partial charge >= 0.3 is 5.97 Å². The van der Waals surface area contributed by atoms with Crippen molar-refractivity contribution in [2.24, 2.45) is 0 Å². The molecule has 0 unspecified atom stereocenters. The highest BCUT2D eigenvalue weighted by Gasteiger charge is 2.24. The van der Waals surface area contributed by atoms with Crippen LogP contribution in [0.5, 0.6) is 0 Å². The van der Waals surface area contributed by atoms with Gasteiger partial charge in [-0.15, -0.1) is 0 Å². The molecule has 0 amide bonds. The van der Waals surface area contributed by atoms with E-state index >= 15 is 0 Å². The van der Waals surface area contributed by atoms with Crippen LogP contribution in [-0.4, -0.2) is 39.9 Å². The van der Waals surface area contributed by atoms with Crippen molar-refractivity contribution in [2.75, 3.05) is 18.0 Å². The van der Waals surface area contributed by atoms with Gasteiger partial charge in [-0.3, -0.25) is 0 Å². The lowest BCUT2D eigenvalue weighted by atomic mass is 10.1. The molecular weight excluding hydrogens is 399 g/mol. The molecule has 0 bridgehead atoms. The summed E-state index contributed by atoms with van der Waals surface area (Å²) < 4.78 is 7.24. The molecule has 1 aliphatic heterocycles. The number of hydrogen-bond acceptors (Lipinski definition) is 5. The maximum absolute atomic E-state index is 12.5. The first kappa shape index (κ1) is 18.8. The number of carbonyl (C=O) groups excluding carboxylic acids is 1. The van der Waals surface area contributed by atoms with E-state index in [1.165, 1.54) is 6.20 Å². The standard InChI is InChI=1S/C20H18Cl2N4O2/c21-15-5-6-19(23-12-15)25-9-7-16(8-10-25)28-20(27)14-11-24-26(13-14)18-4-2-1-3-17(18)22/h1-6,11-13,16H,7-10H2. The highest BCUT2D eigenvalue weighted by molar-refractivity contribution is 6.32. The molecule has 6 nitrogen and oxygen atoms in total. The Bertz CT molecular complexity index is 966. The van der Waals surface area contributed by atoms with Crippen LogP contribution in [0.3, 0.4) is 0 Å². The number of para-hydroxylation sites is 1. The van der Waals surface area contributed by atoms with Crippen molar-refractivity contribution < 1.29 is 9.53 Å². The molecule has 1 saturated heterocycles. The molecule has 3 heterocycles. The second-order valence-electron chi connectivity index (χ2n) is 6.55. The predicted octanol–water partition coefficient (Wildman–Crippen LogP) is 4.40. The number of halogens is 2. The lowest BCUT2D eigenvalue weighted by Gasteiger charge is -2.32. The first-order valence-electron chi connectivity index (χ1n) is 8.97. The summed E-state index contributed by atoms with van der Waals surface area (Å²) in [6.45, 7) is 1.54. The first-order chi connectivity index (χ1) is 13.6. The van der Waals surface area contributed by atoms with E-state index in [4.69, 9.17) is 27.9 Å². The van der Waals surface area contributed by atoms with Gasteiger partial charge in [0.25, 0.3) is 0 Å². The van der Waals surface area contributed by atoms with Crippen molar-refractivity contribution in [3.63, 3.8) is 0 Å². The molecule has 8 heteroatoms. The van der Waals surface area contributed by atoms with Gasteiger partial charge in [-0.1, -0.05) is 35.3 Å². The summed E-state index contributed by atoms with van der Waals surface area (Å²) in [6.07, 6.45) is 6.14. The third-order valence-corrected chi connectivity index (χ3v) is 5.21. The quantitative estimate of drug-likeness (QED) is 0.589. The van der Waals surface area contributed by atoms with Gasteiger partial charge in [-0.05, 0) is 24.3 Å². The molecule has 0 radical (unpaired) electrons. The largest absolute Gasteiger partial charge is 0.459 e. The van der Waals surface area contributed by atoms with Crippen molar-refractivity contribution >= 4 is 35.0 Å². The van der Waals surface area contributed by atoms with Crippen LogP contribution in [0.25, 0.3) is 5.69 Å². The molecule has 1 fully saturated rings. The number of benzene rings is 1. The Hall–Kier alpha value is -2.57. The van der Waals surface area contributed by atoms with E-state index in [2.05, 4.69) is 15.0 Å². The molecular formula is C20H18Cl2N4O2. The van der Waals surface area contributed by atoms with E-state index in [0.29, 0.717) is 21.3 Å². The van der Waals surface area contributed by atoms with Crippen LogP contribution >= 0.6 is 23.2 Å². The van der Waals surface area contributed by atoms with Crippen molar-refractivity contribution in [3.8, 4) is 5.69 Å². The molecule has 4 rings (SSSR count). The van der Waals surface area contributed by atoms with Crippen molar-refractivity contribution in [2.45, 2.75) is 18.9 Å². The number of piperidine rings is 1. The van der Waals surface area contributed by atoms with Crippen LogP contribution in [0.15, 0.2) is 55.0 Å². The summed E-state index contributed by atoms with van der Waals surface area (Å²) in [5.74, 6) is 0.511. The topological polar surface area (TPSA) is 60.2 Å². The molecule has 144 valence electrons. The molecule has 0 atom stereocenters. The SMILES string of the molecule is O=C(OC1CCN(c2ccc(Cl)cn2)CC1)c1cnn(-c2ccccc2Cl)c1. The minimum absolute atomic E-state index is 0.125. The Labute approximate surface area is 172 Å². The second kappa shape index (κ2) is 8.20. The van der Waals surface area contributed by atoms with Crippen LogP contribution in [0.4, 0.5) is 5.82 Å². The van der Waals surface area contributed by atoms with Gasteiger partial charge in [-0.2, -0.15) is 5.10 Å². The molecule has 1 aliphatic rings. The number of esters is 1. The molecule has 1 aromatic carbocycles. The number of rotatable bonds is 4. The zero-order valence-corrected chi connectivity index (χ0v) is 16.5. The molecule has 2 aromatic heterocycles. The third kappa shape index (κ3) is 4.13. The van der Waals surface area contributed by atoms with Gasteiger partial charge in [-0.25, -0.2) is 14.5 Å². The Morgan fingerprint density at radius 3 is 2.57 bits per heavy atom. The highest BCUT2D eigenvalue weighted by Crippen LogP contribution is 2.23. The van der Waals surface area contributed by atoms with Gasteiger partial charge < -0.3 is 9.64 Å². The molecule has 0 spiro atoms. The minimum atomic E-state index is -0.374. The summed E-state index contributed by atoms with van der Waals surface area (Å²) in [5, 5.41) is 5.40. The molecule has 0 N–H and O–H groups in total. The average Bonchev–Trinajstić information content (AvgIpc) is 3.20. The Morgan fingerprint density at radius 2 is 1.86 bits per heavy atom. The fourth-order valence-corrected chi connectivity index (χ4v) is 3.51. The minimum Gasteiger partial charge on any atom is -0.459 e. The normalized spacial score (nSPS) is 14.9. The molecule has 3 aromatic rings. The smallest absolute Gasteiger partial charge is 0.341 e. The summed E-state index contributed by atoms with van der Waals surface area (Å²) in [4.78, 5) is 19.0. The average molecular weight is 417 g/mol. The summed E-state index contributed by atoms with van der Waals surface area (Å²) in [7, 11) is 0. The van der Waals surface area contributed by atoms with Crippen LogP contribution < -0.4 is 4.90 Å². The number of nitrogens with zero attached hydrogens (tertiary/aromatic N) is 4. The van der Waals surface area contributed by atoms with Gasteiger partial charge in [0.1, 0.15) is 11.9 Å². The van der Waals surface area contributed by atoms with Gasteiger partial charge in [0.15, 0.2) is 0 Å². The number of carbonyl (C=O) groups is 1. The fourth-order valence-electron chi connectivity index (χ4n) is 3.17. The fraction of sp³-hybridized carbons (Fsp3) is 0.250. The molecule has 0 aliphatic carbocycles. The highest BCUT2D eigenvalue weighted by atomic mass is 35.5. The van der Waals surface area contributed by atoms with Crippen LogP contribution in [0.1, 0.15) is 23.2 Å². The van der Waals surface area contributed by atoms with Crippen molar-refractivity contribution in [3.05, 3.63) is 70.6 Å². The van der Waals surface area contributed by atoms with E-state index in [-0.39, 0.29) is 12.1 Å². The predicted molar refractivity (Wildman–Crippen MR) is 108 cm³/mol. The zero-order valence-electron chi connectivity index (χ0n) is 15.0. The van der Waals surface area contributed by atoms with Crippen LogP contribution in [-0.2, 0) is 4.74 Å². The third-order valence-electron chi connectivity index (χ3n) is 4.67. The number of hydrogen-bond donors (Lipinski definition) is 0. The van der Waals surface area contributed by atoms with E-state index < -0.39 is 0 Å². The van der Waals surface area contributed by atoms with E-state index in [1.54, 1.807) is 23.1 Å². The first-order valence-corrected chi connectivity index (χ1v) is 9.73. The van der Waals surface area contributed by atoms with E-state index in [1.807, 2.05) is 30.3 Å². The second-order valence-corrected chi connectivity index (χ2v) is 7.39. The van der Waals surface area contributed by atoms with Crippen molar-refractivity contribution in [1.29, 1.82) is 0 Å². The summed E-state index contributed by atoms with van der Waals surface area (Å²) in [6, 6.07) is 11.1. The summed E-state index contributed by atoms with van der Waals surface area (Å²) >= 11 is 12.1. The van der Waals surface area contributed by atoms with Crippen molar-refractivity contribution in [1.82, 2.24) is 14.8 Å². The number of pyridine rings is 1. The summed E-state index contributed by atoms with van der Waals surface area (Å²) in [5.41, 5.74) is 1.12. The maximum Gasteiger partial charge on any atom is 0.341 e. The van der Waals surface area contributed by atoms with E-state index in [9.17, 15) is 4.79 Å². The van der Waals surface area contributed by atoms with Crippen LogP contribution in [0, 0.1) is 0 Å². The van der Waals surface area contributed by atoms with Crippen LogP contribution in [0.2, 0.25) is 10.0 Å². The van der Waals surface area contributed by atoms with Gasteiger partial charge in [0, 0.05) is 38.3 Å². The lowest BCUT2D eigenvalue weighted by molar-refractivity contribution is 0.0245. The zero-order chi connectivity index (χ0) is 19.5. The molecule has 0 saturated carbocycles. The number of anilines is 1. The molecule has 28 heavy (non-hydrogen) atoms. The Kier molecular flexibility index (Phi) is 5.50. The lowest BCUT2D eigenvalue weighted by Crippen LogP contribution is -2.38. The monoisotopic (exact) mass is 416 g/mol. The number of ether oxygens (including phenoxy) is 1.